The number of benzene rings is 1. The molecule has 0 amide bonds. The Morgan fingerprint density at radius 2 is 1.75 bits per heavy atom. The fraction of sp³-hybridized carbons (Fsp3) is 0.538. The van der Waals surface area contributed by atoms with Crippen LogP contribution in [0.4, 0.5) is 0 Å². The zero-order valence-corrected chi connectivity index (χ0v) is 10.1. The highest BCUT2D eigenvalue weighted by atomic mass is 16.5. The van der Waals surface area contributed by atoms with Gasteiger partial charge < -0.3 is 14.9 Å². The Morgan fingerprint density at radius 1 is 1.19 bits per heavy atom. The minimum absolute atomic E-state index is 0.0195. The number of phenols is 1. The molecule has 1 rings (SSSR count). The summed E-state index contributed by atoms with van der Waals surface area (Å²) in [5, 5.41) is 18.4. The van der Waals surface area contributed by atoms with E-state index in [-0.39, 0.29) is 23.7 Å². The van der Waals surface area contributed by atoms with Crippen LogP contribution in [0.1, 0.15) is 20.8 Å². The van der Waals surface area contributed by atoms with E-state index in [4.69, 9.17) is 9.84 Å². The second-order valence-corrected chi connectivity index (χ2v) is 5.05. The Labute approximate surface area is 96.7 Å². The normalized spacial score (nSPS) is 13.5. The lowest BCUT2D eigenvalue weighted by atomic mass is 9.82. The summed E-state index contributed by atoms with van der Waals surface area (Å²) in [6, 6.07) is 6.60. The number of aromatic hydroxyl groups is 1. The van der Waals surface area contributed by atoms with E-state index >= 15 is 0 Å². The number of ether oxygens (including phenoxy) is 1. The molecule has 1 aromatic rings. The summed E-state index contributed by atoms with van der Waals surface area (Å²) in [5.41, 5.74) is 0.0195. The maximum absolute atomic E-state index is 9.26. The molecule has 0 saturated heterocycles. The van der Waals surface area contributed by atoms with Gasteiger partial charge >= 0.3 is 0 Å². The number of rotatable bonds is 4. The Hall–Kier alpha value is -1.22. The number of phenolic OH excluding ortho intramolecular Hbond substituents is 1. The summed E-state index contributed by atoms with van der Waals surface area (Å²) in [6.45, 7) is 6.82. The third-order valence-electron chi connectivity index (χ3n) is 2.73. The molecule has 0 aliphatic rings. The molecule has 1 atom stereocenters. The molecule has 16 heavy (non-hydrogen) atoms. The summed E-state index contributed by atoms with van der Waals surface area (Å²) >= 11 is 0. The van der Waals surface area contributed by atoms with Gasteiger partial charge in [-0.05, 0) is 29.7 Å². The van der Waals surface area contributed by atoms with Crippen LogP contribution in [0.15, 0.2) is 24.3 Å². The predicted octanol–water partition coefficient (Wildman–Crippen LogP) is 2.43. The first-order chi connectivity index (χ1) is 7.43. The molecule has 0 heterocycles. The average molecular weight is 224 g/mol. The average Bonchev–Trinajstić information content (AvgIpc) is 2.19. The highest BCUT2D eigenvalue weighted by molar-refractivity contribution is 5.30. The molecule has 1 aromatic carbocycles. The summed E-state index contributed by atoms with van der Waals surface area (Å²) in [5.74, 6) is 1.03. The summed E-state index contributed by atoms with van der Waals surface area (Å²) < 4.78 is 5.57. The minimum atomic E-state index is 0.0195. The fourth-order valence-corrected chi connectivity index (χ4v) is 1.32. The summed E-state index contributed by atoms with van der Waals surface area (Å²) in [4.78, 5) is 0. The molecule has 0 radical (unpaired) electrons. The van der Waals surface area contributed by atoms with Gasteiger partial charge in [0.25, 0.3) is 0 Å². The van der Waals surface area contributed by atoms with Crippen LogP contribution in [0, 0.1) is 11.3 Å². The molecule has 0 aliphatic heterocycles. The van der Waals surface area contributed by atoms with Gasteiger partial charge in [0.1, 0.15) is 11.5 Å². The van der Waals surface area contributed by atoms with E-state index in [1.165, 1.54) is 0 Å². The zero-order valence-electron chi connectivity index (χ0n) is 10.1. The first-order valence-electron chi connectivity index (χ1n) is 5.46. The zero-order chi connectivity index (χ0) is 12.2. The van der Waals surface area contributed by atoms with Crippen LogP contribution in [0.5, 0.6) is 11.5 Å². The molecular weight excluding hydrogens is 204 g/mol. The van der Waals surface area contributed by atoms with Gasteiger partial charge in [-0.1, -0.05) is 20.8 Å². The van der Waals surface area contributed by atoms with E-state index in [0.29, 0.717) is 12.4 Å². The van der Waals surface area contributed by atoms with Gasteiger partial charge in [0.2, 0.25) is 0 Å². The standard InChI is InChI=1S/C13H20O3/c1-13(2,3)10(8-14)9-16-12-6-4-11(15)5-7-12/h4-7,10,14-15H,8-9H2,1-3H3. The van der Waals surface area contributed by atoms with Crippen molar-refractivity contribution in [2.75, 3.05) is 13.2 Å². The van der Waals surface area contributed by atoms with E-state index in [9.17, 15) is 5.11 Å². The first-order valence-corrected chi connectivity index (χ1v) is 5.46. The van der Waals surface area contributed by atoms with Gasteiger partial charge in [-0.3, -0.25) is 0 Å². The van der Waals surface area contributed by atoms with Crippen molar-refractivity contribution in [3.05, 3.63) is 24.3 Å². The first kappa shape index (κ1) is 12.8. The van der Waals surface area contributed by atoms with Gasteiger partial charge in [0.05, 0.1) is 6.61 Å². The Balaban J connectivity index is 2.53. The number of hydrogen-bond acceptors (Lipinski definition) is 3. The predicted molar refractivity (Wildman–Crippen MR) is 63.6 cm³/mol. The molecule has 0 aromatic heterocycles. The van der Waals surface area contributed by atoms with Crippen molar-refractivity contribution >= 4 is 0 Å². The SMILES string of the molecule is CC(C)(C)C(CO)COc1ccc(O)cc1. The maximum Gasteiger partial charge on any atom is 0.119 e. The van der Waals surface area contributed by atoms with E-state index < -0.39 is 0 Å². The van der Waals surface area contributed by atoms with E-state index in [0.717, 1.165) is 0 Å². The van der Waals surface area contributed by atoms with Crippen molar-refractivity contribution in [2.45, 2.75) is 20.8 Å². The second-order valence-electron chi connectivity index (χ2n) is 5.05. The lowest BCUT2D eigenvalue weighted by molar-refractivity contribution is 0.0818. The van der Waals surface area contributed by atoms with Crippen LogP contribution in [0.3, 0.4) is 0 Å². The molecule has 1 unspecified atom stereocenters. The van der Waals surface area contributed by atoms with Crippen LogP contribution < -0.4 is 4.74 Å². The van der Waals surface area contributed by atoms with Gasteiger partial charge in [-0.2, -0.15) is 0 Å². The molecule has 0 fully saturated rings. The van der Waals surface area contributed by atoms with Gasteiger partial charge in [-0.15, -0.1) is 0 Å². The van der Waals surface area contributed by atoms with Crippen molar-refractivity contribution in [3.8, 4) is 11.5 Å². The lowest BCUT2D eigenvalue weighted by Gasteiger charge is -2.28. The Kier molecular flexibility index (Phi) is 4.19. The van der Waals surface area contributed by atoms with Gasteiger partial charge in [0.15, 0.2) is 0 Å². The third-order valence-corrected chi connectivity index (χ3v) is 2.73. The summed E-state index contributed by atoms with van der Waals surface area (Å²) in [7, 11) is 0. The fourth-order valence-electron chi connectivity index (χ4n) is 1.32. The quantitative estimate of drug-likeness (QED) is 0.825. The monoisotopic (exact) mass is 224 g/mol. The molecule has 0 bridgehead atoms. The molecule has 2 N–H and O–H groups in total. The molecule has 0 saturated carbocycles. The molecule has 3 nitrogen and oxygen atoms in total. The highest BCUT2D eigenvalue weighted by Crippen LogP contribution is 2.26. The third kappa shape index (κ3) is 3.74. The topological polar surface area (TPSA) is 49.7 Å². The van der Waals surface area contributed by atoms with E-state index in [1.54, 1.807) is 24.3 Å². The van der Waals surface area contributed by atoms with Crippen molar-refractivity contribution in [2.24, 2.45) is 11.3 Å². The van der Waals surface area contributed by atoms with Crippen molar-refractivity contribution in [3.63, 3.8) is 0 Å². The summed E-state index contributed by atoms with van der Waals surface area (Å²) in [6.07, 6.45) is 0. The van der Waals surface area contributed by atoms with Gasteiger partial charge in [0, 0.05) is 12.5 Å². The highest BCUT2D eigenvalue weighted by Gasteiger charge is 2.24. The second kappa shape index (κ2) is 5.21. The van der Waals surface area contributed by atoms with Crippen LogP contribution in [0.2, 0.25) is 0 Å². The smallest absolute Gasteiger partial charge is 0.119 e. The molecule has 90 valence electrons. The van der Waals surface area contributed by atoms with Crippen LogP contribution in [-0.2, 0) is 0 Å². The van der Waals surface area contributed by atoms with Crippen LogP contribution in [-0.4, -0.2) is 23.4 Å². The lowest BCUT2D eigenvalue weighted by Crippen LogP contribution is -2.29. The van der Waals surface area contributed by atoms with Gasteiger partial charge in [-0.25, -0.2) is 0 Å². The van der Waals surface area contributed by atoms with Crippen LogP contribution in [0.25, 0.3) is 0 Å². The number of hydrogen-bond donors (Lipinski definition) is 2. The number of aliphatic hydroxyl groups excluding tert-OH is 1. The van der Waals surface area contributed by atoms with Crippen molar-refractivity contribution in [1.82, 2.24) is 0 Å². The Morgan fingerprint density at radius 3 is 2.19 bits per heavy atom. The Bertz CT molecular complexity index is 311. The van der Waals surface area contributed by atoms with Crippen LogP contribution >= 0.6 is 0 Å². The van der Waals surface area contributed by atoms with Crippen molar-refractivity contribution in [1.29, 1.82) is 0 Å². The maximum atomic E-state index is 9.26. The molecule has 3 heteroatoms. The number of aliphatic hydroxyl groups is 1. The largest absolute Gasteiger partial charge is 0.508 e. The minimum Gasteiger partial charge on any atom is -0.508 e. The molecule has 0 aliphatic carbocycles. The van der Waals surface area contributed by atoms with Crippen molar-refractivity contribution < 1.29 is 14.9 Å². The molecule has 0 spiro atoms. The van der Waals surface area contributed by atoms with E-state index in [2.05, 4.69) is 20.8 Å². The van der Waals surface area contributed by atoms with E-state index in [1.807, 2.05) is 0 Å². The molecular formula is C13H20O3.